The Morgan fingerprint density at radius 2 is 1.29 bits per heavy atom. The van der Waals surface area contributed by atoms with Crippen molar-refractivity contribution in [3.05, 3.63) is 150 Å². The number of benzene rings is 6. The third-order valence-corrected chi connectivity index (χ3v) is 9.45. The first-order chi connectivity index (χ1) is 20.6. The summed E-state index contributed by atoms with van der Waals surface area (Å²) in [5, 5.41) is 2.58. The van der Waals surface area contributed by atoms with Crippen molar-refractivity contribution in [3.8, 4) is 39.4 Å². The second-order valence-electron chi connectivity index (χ2n) is 12.2. The van der Waals surface area contributed by atoms with Crippen LogP contribution < -0.4 is 4.74 Å². The van der Waals surface area contributed by atoms with Gasteiger partial charge >= 0.3 is 0 Å². The van der Waals surface area contributed by atoms with Gasteiger partial charge in [0.15, 0.2) is 0 Å². The van der Waals surface area contributed by atoms with Crippen molar-refractivity contribution < 1.29 is 4.74 Å². The number of ether oxygens (including phenoxy) is 1. The van der Waals surface area contributed by atoms with Gasteiger partial charge in [0.05, 0.1) is 11.0 Å². The van der Waals surface area contributed by atoms with Crippen LogP contribution >= 0.6 is 0 Å². The summed E-state index contributed by atoms with van der Waals surface area (Å²) in [6.45, 7) is 4.71. The first-order valence-corrected chi connectivity index (χ1v) is 14.7. The Morgan fingerprint density at radius 1 is 0.548 bits per heavy atom. The maximum atomic E-state index is 6.43. The lowest BCUT2D eigenvalue weighted by molar-refractivity contribution is 0.460. The van der Waals surface area contributed by atoms with E-state index in [-0.39, 0.29) is 5.41 Å². The summed E-state index contributed by atoms with van der Waals surface area (Å²) in [4.78, 5) is 0. The van der Waals surface area contributed by atoms with Gasteiger partial charge in [-0.1, -0.05) is 92.7 Å². The Morgan fingerprint density at radius 3 is 2.17 bits per heavy atom. The van der Waals surface area contributed by atoms with E-state index >= 15 is 0 Å². The number of rotatable bonds is 2. The smallest absolute Gasteiger partial charge is 0.131 e. The molecule has 0 N–H and O–H groups in total. The highest BCUT2D eigenvalue weighted by Crippen LogP contribution is 2.51. The van der Waals surface area contributed by atoms with Crippen molar-refractivity contribution in [2.75, 3.05) is 0 Å². The standard InChI is InChI=1S/C40H29NO/c1-40(2)34-14-8-6-12-30(34)32-23-33-31-13-7-9-15-36(31)41(37(33)24-35(32)40)29-17-19-39-28(22-29)21-27-20-26(16-18-38(27)42-39)25-10-4-3-5-11-25/h3-20,22-24H,21H2,1-2H3. The van der Waals surface area contributed by atoms with Gasteiger partial charge in [-0.25, -0.2) is 0 Å². The molecule has 0 atom stereocenters. The van der Waals surface area contributed by atoms with Gasteiger partial charge in [0.25, 0.3) is 0 Å². The van der Waals surface area contributed by atoms with Gasteiger partial charge in [0, 0.05) is 33.9 Å². The monoisotopic (exact) mass is 539 g/mol. The van der Waals surface area contributed by atoms with Gasteiger partial charge < -0.3 is 9.30 Å². The van der Waals surface area contributed by atoms with Gasteiger partial charge in [-0.15, -0.1) is 0 Å². The fourth-order valence-corrected chi connectivity index (χ4v) is 7.33. The predicted octanol–water partition coefficient (Wildman–Crippen LogP) is 10.5. The molecular formula is C40H29NO. The fourth-order valence-electron chi connectivity index (χ4n) is 7.33. The van der Waals surface area contributed by atoms with E-state index in [9.17, 15) is 0 Å². The van der Waals surface area contributed by atoms with Crippen molar-refractivity contribution in [1.29, 1.82) is 0 Å². The van der Waals surface area contributed by atoms with Crippen molar-refractivity contribution >= 4 is 21.8 Å². The molecule has 0 unspecified atom stereocenters. The van der Waals surface area contributed by atoms with Gasteiger partial charge in [-0.05, 0) is 87.5 Å². The number of hydrogen-bond acceptors (Lipinski definition) is 1. The number of aromatic nitrogens is 1. The van der Waals surface area contributed by atoms with Crippen LogP contribution in [0, 0.1) is 0 Å². The maximum absolute atomic E-state index is 6.43. The molecule has 0 saturated carbocycles. The van der Waals surface area contributed by atoms with Crippen LogP contribution in [0.3, 0.4) is 0 Å². The fraction of sp³-hybridized carbons (Fsp3) is 0.100. The molecule has 1 aliphatic carbocycles. The zero-order chi connectivity index (χ0) is 28.0. The number of nitrogens with zero attached hydrogens (tertiary/aromatic N) is 1. The topological polar surface area (TPSA) is 14.2 Å². The van der Waals surface area contributed by atoms with Crippen molar-refractivity contribution in [2.45, 2.75) is 25.7 Å². The summed E-state index contributed by atoms with van der Waals surface area (Å²) in [7, 11) is 0. The lowest BCUT2D eigenvalue weighted by Crippen LogP contribution is -2.15. The molecule has 1 aromatic heterocycles. The van der Waals surface area contributed by atoms with E-state index in [0.717, 1.165) is 17.9 Å². The molecular weight excluding hydrogens is 510 g/mol. The van der Waals surface area contributed by atoms with Crippen LogP contribution in [-0.4, -0.2) is 4.57 Å². The second-order valence-corrected chi connectivity index (χ2v) is 12.2. The molecule has 200 valence electrons. The molecule has 9 rings (SSSR count). The van der Waals surface area contributed by atoms with Crippen LogP contribution in [0.4, 0.5) is 0 Å². The average molecular weight is 540 g/mol. The third-order valence-electron chi connectivity index (χ3n) is 9.45. The highest BCUT2D eigenvalue weighted by atomic mass is 16.5. The van der Waals surface area contributed by atoms with E-state index in [4.69, 9.17) is 4.74 Å². The summed E-state index contributed by atoms with van der Waals surface area (Å²) in [6, 6.07) is 46.4. The highest BCUT2D eigenvalue weighted by molar-refractivity contribution is 6.11. The largest absolute Gasteiger partial charge is 0.457 e. The first kappa shape index (κ1) is 23.6. The number of fused-ring (bicyclic) bond motifs is 8. The molecule has 42 heavy (non-hydrogen) atoms. The quantitative estimate of drug-likeness (QED) is 0.213. The van der Waals surface area contributed by atoms with Gasteiger partial charge in [0.2, 0.25) is 0 Å². The highest BCUT2D eigenvalue weighted by Gasteiger charge is 2.36. The van der Waals surface area contributed by atoms with E-state index in [2.05, 4.69) is 146 Å². The molecule has 2 heteroatoms. The normalized spacial score (nSPS) is 14.2. The van der Waals surface area contributed by atoms with E-state index < -0.39 is 0 Å². The van der Waals surface area contributed by atoms with Crippen molar-refractivity contribution in [2.24, 2.45) is 0 Å². The minimum Gasteiger partial charge on any atom is -0.457 e. The molecule has 0 bridgehead atoms. The Balaban J connectivity index is 1.21. The minimum absolute atomic E-state index is 0.0503. The van der Waals surface area contributed by atoms with Gasteiger partial charge in [-0.3, -0.25) is 0 Å². The lowest BCUT2D eigenvalue weighted by atomic mass is 9.82. The van der Waals surface area contributed by atoms with E-state index in [1.165, 1.54) is 72.0 Å². The van der Waals surface area contributed by atoms with E-state index in [0.29, 0.717) is 0 Å². The summed E-state index contributed by atoms with van der Waals surface area (Å²) in [5.74, 6) is 1.89. The SMILES string of the molecule is CC1(C)c2ccccc2-c2cc3c4ccccc4n(-c4ccc5c(c4)Cc4cc(-c6ccccc6)ccc4O5)c3cc21. The molecule has 0 saturated heterocycles. The molecule has 6 aromatic carbocycles. The predicted molar refractivity (Wildman–Crippen MR) is 173 cm³/mol. The molecule has 1 aliphatic heterocycles. The molecule has 2 nitrogen and oxygen atoms in total. The third kappa shape index (κ3) is 3.27. The maximum Gasteiger partial charge on any atom is 0.131 e. The summed E-state index contributed by atoms with van der Waals surface area (Å²) >= 11 is 0. The van der Waals surface area contributed by atoms with Crippen LogP contribution in [-0.2, 0) is 11.8 Å². The van der Waals surface area contributed by atoms with Crippen LogP contribution in [0.25, 0.3) is 49.7 Å². The van der Waals surface area contributed by atoms with Gasteiger partial charge in [-0.2, -0.15) is 0 Å². The Kier molecular flexibility index (Phi) is 4.76. The molecule has 0 radical (unpaired) electrons. The number of para-hydroxylation sites is 1. The molecule has 0 fully saturated rings. The van der Waals surface area contributed by atoms with Crippen LogP contribution in [0.2, 0.25) is 0 Å². The van der Waals surface area contributed by atoms with Crippen LogP contribution in [0.5, 0.6) is 11.5 Å². The Hall–Kier alpha value is -5.08. The van der Waals surface area contributed by atoms with E-state index in [1.807, 2.05) is 0 Å². The minimum atomic E-state index is -0.0503. The zero-order valence-electron chi connectivity index (χ0n) is 23.7. The van der Waals surface area contributed by atoms with Crippen LogP contribution in [0.1, 0.15) is 36.1 Å². The Labute approximate surface area is 245 Å². The summed E-state index contributed by atoms with van der Waals surface area (Å²) < 4.78 is 8.87. The van der Waals surface area contributed by atoms with Crippen LogP contribution in [0.15, 0.2) is 127 Å². The van der Waals surface area contributed by atoms with Gasteiger partial charge in [0.1, 0.15) is 11.5 Å². The second kappa shape index (κ2) is 8.47. The van der Waals surface area contributed by atoms with Crippen molar-refractivity contribution in [3.63, 3.8) is 0 Å². The zero-order valence-corrected chi connectivity index (χ0v) is 23.7. The molecule has 0 spiro atoms. The average Bonchev–Trinajstić information content (AvgIpc) is 3.47. The summed E-state index contributed by atoms with van der Waals surface area (Å²) in [6.07, 6.45) is 0.841. The Bertz CT molecular complexity index is 2220. The molecule has 2 heterocycles. The molecule has 2 aliphatic rings. The summed E-state index contributed by atoms with van der Waals surface area (Å²) in [5.41, 5.74) is 14.0. The number of hydrogen-bond donors (Lipinski definition) is 0. The van der Waals surface area contributed by atoms with Crippen molar-refractivity contribution in [1.82, 2.24) is 4.57 Å². The molecule has 0 amide bonds. The lowest BCUT2D eigenvalue weighted by Gasteiger charge is -2.23. The molecule has 7 aromatic rings. The van der Waals surface area contributed by atoms with E-state index in [1.54, 1.807) is 0 Å². The first-order valence-electron chi connectivity index (χ1n) is 14.7.